The quantitative estimate of drug-likeness (QED) is 0.748. The molecule has 2 rings (SSSR count). The fourth-order valence-corrected chi connectivity index (χ4v) is 1.48. The fraction of sp³-hybridized carbons (Fsp3) is 0.100. The molecule has 0 bridgehead atoms. The van der Waals surface area contributed by atoms with Crippen molar-refractivity contribution < 1.29 is 5.11 Å². The third-order valence-corrected chi connectivity index (χ3v) is 2.24. The monoisotopic (exact) mass is 223 g/mol. The van der Waals surface area contributed by atoms with Crippen molar-refractivity contribution in [3.05, 3.63) is 41.3 Å². The number of halogens is 1. The lowest BCUT2D eigenvalue weighted by molar-refractivity contribution is 0.282. The van der Waals surface area contributed by atoms with Crippen LogP contribution in [0, 0.1) is 0 Å². The third kappa shape index (κ3) is 2.29. The van der Waals surface area contributed by atoms with Gasteiger partial charge in [-0.3, -0.25) is 0 Å². The SMILES string of the molecule is OCc1cc(Cl)ccc1Nc1cnc[nH]1. The number of benzene rings is 1. The van der Waals surface area contributed by atoms with Crippen molar-refractivity contribution in [2.75, 3.05) is 5.32 Å². The number of hydrogen-bond donors (Lipinski definition) is 3. The van der Waals surface area contributed by atoms with E-state index in [2.05, 4.69) is 15.3 Å². The van der Waals surface area contributed by atoms with Crippen molar-refractivity contribution in [3.63, 3.8) is 0 Å². The summed E-state index contributed by atoms with van der Waals surface area (Å²) in [5, 5.41) is 12.8. The second kappa shape index (κ2) is 4.33. The molecule has 1 aromatic heterocycles. The maximum absolute atomic E-state index is 9.15. The molecule has 15 heavy (non-hydrogen) atoms. The van der Waals surface area contributed by atoms with Crippen molar-refractivity contribution in [1.29, 1.82) is 0 Å². The number of aromatic nitrogens is 2. The first-order valence-corrected chi connectivity index (χ1v) is 4.82. The topological polar surface area (TPSA) is 60.9 Å². The van der Waals surface area contributed by atoms with Gasteiger partial charge in [-0.2, -0.15) is 0 Å². The molecule has 0 aliphatic heterocycles. The average molecular weight is 224 g/mol. The highest BCUT2D eigenvalue weighted by atomic mass is 35.5. The Balaban J connectivity index is 2.28. The van der Waals surface area contributed by atoms with Gasteiger partial charge in [0, 0.05) is 16.3 Å². The van der Waals surface area contributed by atoms with Crippen LogP contribution in [-0.4, -0.2) is 15.1 Å². The second-order valence-corrected chi connectivity index (χ2v) is 3.49. The predicted molar refractivity (Wildman–Crippen MR) is 59.2 cm³/mol. The van der Waals surface area contributed by atoms with E-state index in [4.69, 9.17) is 16.7 Å². The lowest BCUT2D eigenvalue weighted by atomic mass is 10.2. The summed E-state index contributed by atoms with van der Waals surface area (Å²) in [6, 6.07) is 5.30. The zero-order chi connectivity index (χ0) is 10.7. The van der Waals surface area contributed by atoms with Crippen LogP contribution in [0.15, 0.2) is 30.7 Å². The molecule has 0 unspecified atom stereocenters. The largest absolute Gasteiger partial charge is 0.392 e. The molecule has 0 spiro atoms. The van der Waals surface area contributed by atoms with Gasteiger partial charge in [0.2, 0.25) is 0 Å². The molecular formula is C10H10ClN3O. The van der Waals surface area contributed by atoms with E-state index in [1.54, 1.807) is 24.7 Å². The number of hydrogen-bond acceptors (Lipinski definition) is 3. The van der Waals surface area contributed by atoms with Crippen LogP contribution in [0.1, 0.15) is 5.56 Å². The maximum Gasteiger partial charge on any atom is 0.127 e. The van der Waals surface area contributed by atoms with Gasteiger partial charge in [-0.25, -0.2) is 4.98 Å². The van der Waals surface area contributed by atoms with Crippen LogP contribution in [0.25, 0.3) is 0 Å². The molecule has 0 amide bonds. The Morgan fingerprint density at radius 1 is 1.47 bits per heavy atom. The number of imidazole rings is 1. The number of nitrogens with zero attached hydrogens (tertiary/aromatic N) is 1. The van der Waals surface area contributed by atoms with Crippen molar-refractivity contribution in [2.24, 2.45) is 0 Å². The molecule has 78 valence electrons. The smallest absolute Gasteiger partial charge is 0.127 e. The van der Waals surface area contributed by atoms with Gasteiger partial charge in [-0.1, -0.05) is 11.6 Å². The van der Waals surface area contributed by atoms with E-state index < -0.39 is 0 Å². The fourth-order valence-electron chi connectivity index (χ4n) is 1.28. The molecule has 0 aliphatic carbocycles. The second-order valence-electron chi connectivity index (χ2n) is 3.05. The third-order valence-electron chi connectivity index (χ3n) is 2.01. The highest BCUT2D eigenvalue weighted by molar-refractivity contribution is 6.30. The molecule has 2 aromatic rings. The summed E-state index contributed by atoms with van der Waals surface area (Å²) in [5.41, 5.74) is 1.56. The average Bonchev–Trinajstić information content (AvgIpc) is 2.73. The molecule has 5 heteroatoms. The van der Waals surface area contributed by atoms with E-state index in [-0.39, 0.29) is 6.61 Å². The lowest BCUT2D eigenvalue weighted by Crippen LogP contribution is -1.96. The molecule has 0 radical (unpaired) electrons. The minimum Gasteiger partial charge on any atom is -0.392 e. The van der Waals surface area contributed by atoms with Gasteiger partial charge in [-0.05, 0) is 18.2 Å². The Morgan fingerprint density at radius 2 is 2.33 bits per heavy atom. The van der Waals surface area contributed by atoms with E-state index >= 15 is 0 Å². The maximum atomic E-state index is 9.15. The van der Waals surface area contributed by atoms with Gasteiger partial charge < -0.3 is 15.4 Å². The number of aromatic amines is 1. The minimum atomic E-state index is -0.0585. The summed E-state index contributed by atoms with van der Waals surface area (Å²) in [5.74, 6) is 0.770. The normalized spacial score (nSPS) is 10.3. The Morgan fingerprint density at radius 3 is 3.00 bits per heavy atom. The van der Waals surface area contributed by atoms with Crippen LogP contribution in [0.2, 0.25) is 5.02 Å². The number of aliphatic hydroxyl groups excluding tert-OH is 1. The number of nitrogens with one attached hydrogen (secondary N) is 2. The summed E-state index contributed by atoms with van der Waals surface area (Å²) in [4.78, 5) is 6.80. The van der Waals surface area contributed by atoms with Crippen LogP contribution in [0.3, 0.4) is 0 Å². The van der Waals surface area contributed by atoms with Gasteiger partial charge in [-0.15, -0.1) is 0 Å². The summed E-state index contributed by atoms with van der Waals surface area (Å²) < 4.78 is 0. The summed E-state index contributed by atoms with van der Waals surface area (Å²) in [6.07, 6.45) is 3.24. The van der Waals surface area contributed by atoms with Crippen LogP contribution in [0.5, 0.6) is 0 Å². The Labute approximate surface area is 91.9 Å². The Bertz CT molecular complexity index is 442. The van der Waals surface area contributed by atoms with Gasteiger partial charge in [0.1, 0.15) is 5.82 Å². The minimum absolute atomic E-state index is 0.0585. The molecule has 0 atom stereocenters. The van der Waals surface area contributed by atoms with Crippen molar-refractivity contribution in [3.8, 4) is 0 Å². The van der Waals surface area contributed by atoms with Gasteiger partial charge in [0.15, 0.2) is 0 Å². The van der Waals surface area contributed by atoms with Crippen LogP contribution in [-0.2, 0) is 6.61 Å². The number of anilines is 2. The van der Waals surface area contributed by atoms with E-state index in [1.807, 2.05) is 6.07 Å². The standard InChI is InChI=1S/C10H10ClN3O/c11-8-1-2-9(7(3-8)5-15)14-10-4-12-6-13-10/h1-4,6,14-15H,5H2,(H,12,13). The van der Waals surface area contributed by atoms with Gasteiger partial charge in [0.05, 0.1) is 19.1 Å². The van der Waals surface area contributed by atoms with Crippen molar-refractivity contribution in [2.45, 2.75) is 6.61 Å². The highest BCUT2D eigenvalue weighted by Crippen LogP contribution is 2.23. The zero-order valence-corrected chi connectivity index (χ0v) is 8.62. The molecule has 1 aromatic carbocycles. The van der Waals surface area contributed by atoms with E-state index in [1.165, 1.54) is 0 Å². The van der Waals surface area contributed by atoms with Crippen LogP contribution < -0.4 is 5.32 Å². The Kier molecular flexibility index (Phi) is 2.89. The van der Waals surface area contributed by atoms with Crippen LogP contribution in [0.4, 0.5) is 11.5 Å². The number of rotatable bonds is 3. The predicted octanol–water partition coefficient (Wildman–Crippen LogP) is 2.30. The molecule has 4 nitrogen and oxygen atoms in total. The van der Waals surface area contributed by atoms with E-state index in [0.717, 1.165) is 17.1 Å². The van der Waals surface area contributed by atoms with E-state index in [9.17, 15) is 0 Å². The van der Waals surface area contributed by atoms with Gasteiger partial charge >= 0.3 is 0 Å². The molecule has 0 fully saturated rings. The van der Waals surface area contributed by atoms with Crippen LogP contribution >= 0.6 is 11.6 Å². The summed E-state index contributed by atoms with van der Waals surface area (Å²) in [6.45, 7) is -0.0585. The number of H-pyrrole nitrogens is 1. The first-order valence-electron chi connectivity index (χ1n) is 4.44. The first kappa shape index (κ1) is 10.0. The molecule has 0 saturated carbocycles. The highest BCUT2D eigenvalue weighted by Gasteiger charge is 2.03. The summed E-state index contributed by atoms with van der Waals surface area (Å²) >= 11 is 5.82. The zero-order valence-electron chi connectivity index (χ0n) is 7.87. The number of aliphatic hydroxyl groups is 1. The molecule has 3 N–H and O–H groups in total. The van der Waals surface area contributed by atoms with Crippen molar-refractivity contribution in [1.82, 2.24) is 9.97 Å². The summed E-state index contributed by atoms with van der Waals surface area (Å²) in [7, 11) is 0. The molecule has 1 heterocycles. The van der Waals surface area contributed by atoms with Gasteiger partial charge in [0.25, 0.3) is 0 Å². The molecule has 0 aliphatic rings. The van der Waals surface area contributed by atoms with Crippen molar-refractivity contribution >= 4 is 23.1 Å². The molecular weight excluding hydrogens is 214 g/mol. The van der Waals surface area contributed by atoms with E-state index in [0.29, 0.717) is 5.02 Å². The Hall–Kier alpha value is -1.52. The molecule has 0 saturated heterocycles. The first-order chi connectivity index (χ1) is 7.29. The lowest BCUT2D eigenvalue weighted by Gasteiger charge is -2.08.